The fourth-order valence-corrected chi connectivity index (χ4v) is 4.90. The van der Waals surface area contributed by atoms with Crippen molar-refractivity contribution in [3.63, 3.8) is 0 Å². The molecule has 10 heteroatoms. The maximum atomic E-state index is 13.0. The van der Waals surface area contributed by atoms with Gasteiger partial charge in [-0.15, -0.1) is 0 Å². The Labute approximate surface area is 234 Å². The summed E-state index contributed by atoms with van der Waals surface area (Å²) < 4.78 is 11.7. The summed E-state index contributed by atoms with van der Waals surface area (Å²) in [5.41, 5.74) is 2.86. The number of hydrogen-bond donors (Lipinski definition) is 1. The number of rotatable bonds is 9. The normalized spacial score (nSPS) is 14.2. The van der Waals surface area contributed by atoms with Crippen molar-refractivity contribution in [2.75, 3.05) is 18.5 Å². The summed E-state index contributed by atoms with van der Waals surface area (Å²) in [5.74, 6) is -0.293. The van der Waals surface area contributed by atoms with E-state index in [1.165, 1.54) is 6.08 Å². The fourth-order valence-electron chi connectivity index (χ4n) is 3.61. The second kappa shape index (κ2) is 12.4. The lowest BCUT2D eigenvalue weighted by molar-refractivity contribution is -0.127. The average Bonchev–Trinajstić information content (AvgIpc) is 3.13. The first-order chi connectivity index (χ1) is 18.2. The largest absolute Gasteiger partial charge is 0.490 e. The number of imide groups is 1. The third-order valence-corrected chi connectivity index (χ3v) is 7.08. The smallest absolute Gasteiger partial charge is 0.294 e. The van der Waals surface area contributed by atoms with Crippen molar-refractivity contribution in [2.24, 2.45) is 0 Å². The van der Waals surface area contributed by atoms with E-state index in [1.807, 2.05) is 44.2 Å². The molecular weight excluding hydrogens is 547 g/mol. The number of benzene rings is 3. The maximum Gasteiger partial charge on any atom is 0.294 e. The predicted octanol–water partition coefficient (Wildman–Crippen LogP) is 6.95. The molecule has 0 saturated carbocycles. The molecule has 0 spiro atoms. The molecule has 4 rings (SSSR count). The van der Waals surface area contributed by atoms with Gasteiger partial charge >= 0.3 is 0 Å². The van der Waals surface area contributed by atoms with Gasteiger partial charge in [0.2, 0.25) is 5.91 Å². The maximum absolute atomic E-state index is 13.0. The van der Waals surface area contributed by atoms with Crippen LogP contribution in [0, 0.1) is 6.92 Å². The first-order valence-corrected chi connectivity index (χ1v) is 13.3. The van der Waals surface area contributed by atoms with Gasteiger partial charge in [-0.3, -0.25) is 19.3 Å². The molecule has 3 amide bonds. The zero-order valence-corrected chi connectivity index (χ0v) is 23.0. The van der Waals surface area contributed by atoms with Crippen LogP contribution < -0.4 is 14.8 Å². The highest BCUT2D eigenvalue weighted by atomic mass is 35.5. The van der Waals surface area contributed by atoms with Gasteiger partial charge < -0.3 is 14.8 Å². The Kier molecular flexibility index (Phi) is 8.99. The molecule has 0 atom stereocenters. The Balaban J connectivity index is 1.48. The molecular formula is C28H24Cl2N2O5S. The Bertz CT molecular complexity index is 1410. The van der Waals surface area contributed by atoms with Crippen LogP contribution in [0.25, 0.3) is 6.08 Å². The molecule has 7 nitrogen and oxygen atoms in total. The zero-order chi connectivity index (χ0) is 27.2. The Morgan fingerprint density at radius 1 is 1.03 bits per heavy atom. The third kappa shape index (κ3) is 6.69. The number of thioether (sulfide) groups is 1. The summed E-state index contributed by atoms with van der Waals surface area (Å²) >= 11 is 13.4. The molecule has 0 aliphatic carbocycles. The van der Waals surface area contributed by atoms with Crippen LogP contribution in [0.15, 0.2) is 65.6 Å². The van der Waals surface area contributed by atoms with Gasteiger partial charge in [0.15, 0.2) is 11.5 Å². The predicted molar refractivity (Wildman–Crippen MR) is 151 cm³/mol. The van der Waals surface area contributed by atoms with E-state index in [0.29, 0.717) is 46.0 Å². The number of hydrogen-bond acceptors (Lipinski definition) is 6. The first kappa shape index (κ1) is 27.6. The van der Waals surface area contributed by atoms with Crippen molar-refractivity contribution in [3.05, 3.63) is 92.3 Å². The van der Waals surface area contributed by atoms with Crippen molar-refractivity contribution in [1.29, 1.82) is 0 Å². The summed E-state index contributed by atoms with van der Waals surface area (Å²) in [4.78, 5) is 39.1. The van der Waals surface area contributed by atoms with Crippen LogP contribution in [0.4, 0.5) is 10.5 Å². The van der Waals surface area contributed by atoms with Gasteiger partial charge in [-0.25, -0.2) is 0 Å². The van der Waals surface area contributed by atoms with E-state index in [4.69, 9.17) is 32.7 Å². The minimum atomic E-state index is -0.574. The van der Waals surface area contributed by atoms with E-state index < -0.39 is 23.6 Å². The number of carbonyl (C=O) groups is 3. The SMILES string of the molecule is CCOc1cc(/C=C2\SC(=O)N(CC(=O)Nc3ccc(C)c(Cl)c3)C2=O)cc(Cl)c1OCc1ccccc1. The van der Waals surface area contributed by atoms with Gasteiger partial charge in [0.05, 0.1) is 16.5 Å². The van der Waals surface area contributed by atoms with E-state index in [-0.39, 0.29) is 4.91 Å². The molecule has 38 heavy (non-hydrogen) atoms. The Hall–Kier alpha value is -3.46. The first-order valence-electron chi connectivity index (χ1n) is 11.7. The van der Waals surface area contributed by atoms with E-state index in [0.717, 1.165) is 27.8 Å². The van der Waals surface area contributed by atoms with Gasteiger partial charge in [-0.05, 0) is 72.6 Å². The van der Waals surface area contributed by atoms with E-state index >= 15 is 0 Å². The van der Waals surface area contributed by atoms with E-state index in [9.17, 15) is 14.4 Å². The summed E-state index contributed by atoms with van der Waals surface area (Å²) in [5, 5.41) is 2.91. The van der Waals surface area contributed by atoms with Gasteiger partial charge in [0, 0.05) is 10.7 Å². The molecule has 0 unspecified atom stereocenters. The Morgan fingerprint density at radius 2 is 1.79 bits per heavy atom. The van der Waals surface area contributed by atoms with Gasteiger partial charge in [-0.2, -0.15) is 0 Å². The molecule has 0 aromatic heterocycles. The number of nitrogens with zero attached hydrogens (tertiary/aromatic N) is 1. The van der Waals surface area contributed by atoms with Gasteiger partial charge in [0.1, 0.15) is 13.2 Å². The molecule has 0 bridgehead atoms. The highest BCUT2D eigenvalue weighted by molar-refractivity contribution is 8.18. The Morgan fingerprint density at radius 3 is 2.50 bits per heavy atom. The molecule has 1 heterocycles. The molecule has 0 radical (unpaired) electrons. The lowest BCUT2D eigenvalue weighted by Gasteiger charge is -2.15. The van der Waals surface area contributed by atoms with Crippen molar-refractivity contribution in [2.45, 2.75) is 20.5 Å². The second-order valence-electron chi connectivity index (χ2n) is 8.32. The monoisotopic (exact) mass is 570 g/mol. The number of halogens is 2. The van der Waals surface area contributed by atoms with Gasteiger partial charge in [-0.1, -0.05) is 59.6 Å². The quantitative estimate of drug-likeness (QED) is 0.280. The topological polar surface area (TPSA) is 84.9 Å². The number of nitrogens with one attached hydrogen (secondary N) is 1. The summed E-state index contributed by atoms with van der Waals surface area (Å²) in [6, 6.07) is 18.0. The molecule has 3 aromatic carbocycles. The van der Waals surface area contributed by atoms with Crippen LogP contribution in [0.1, 0.15) is 23.6 Å². The molecule has 1 N–H and O–H groups in total. The van der Waals surface area contributed by atoms with Crippen molar-refractivity contribution in [1.82, 2.24) is 4.90 Å². The minimum absolute atomic E-state index is 0.164. The standard InChI is InChI=1S/C28H24Cl2N2O5S/c1-3-36-23-12-19(11-22(30)26(23)37-16-18-7-5-4-6-8-18)13-24-27(34)32(28(35)38-24)15-25(33)31-20-10-9-17(2)21(29)14-20/h4-14H,3,15-16H2,1-2H3,(H,31,33)/b24-13-. The number of amides is 3. The van der Waals surface area contributed by atoms with Crippen molar-refractivity contribution in [3.8, 4) is 11.5 Å². The lowest BCUT2D eigenvalue weighted by atomic mass is 10.1. The molecule has 1 aliphatic rings. The summed E-state index contributed by atoms with van der Waals surface area (Å²) in [7, 11) is 0. The van der Waals surface area contributed by atoms with Crippen molar-refractivity contribution < 1.29 is 23.9 Å². The number of anilines is 1. The second-order valence-corrected chi connectivity index (χ2v) is 10.1. The fraction of sp³-hybridized carbons (Fsp3) is 0.179. The minimum Gasteiger partial charge on any atom is -0.490 e. The number of carbonyl (C=O) groups excluding carboxylic acids is 3. The number of aryl methyl sites for hydroxylation is 1. The van der Waals surface area contributed by atoms with Crippen LogP contribution in [-0.4, -0.2) is 35.1 Å². The van der Waals surface area contributed by atoms with Crippen molar-refractivity contribution >= 4 is 63.8 Å². The summed E-state index contributed by atoms with van der Waals surface area (Å²) in [6.45, 7) is 3.93. The molecule has 1 fully saturated rings. The zero-order valence-electron chi connectivity index (χ0n) is 20.6. The van der Waals surface area contributed by atoms with Crippen LogP contribution in [0.2, 0.25) is 10.0 Å². The lowest BCUT2D eigenvalue weighted by Crippen LogP contribution is -2.36. The van der Waals surface area contributed by atoms with Gasteiger partial charge in [0.25, 0.3) is 11.1 Å². The molecule has 1 aliphatic heterocycles. The summed E-state index contributed by atoms with van der Waals surface area (Å²) in [6.07, 6.45) is 1.54. The highest BCUT2D eigenvalue weighted by Gasteiger charge is 2.36. The van der Waals surface area contributed by atoms with E-state index in [1.54, 1.807) is 30.3 Å². The van der Waals surface area contributed by atoms with Crippen LogP contribution >= 0.6 is 35.0 Å². The molecule has 196 valence electrons. The average molecular weight is 571 g/mol. The third-order valence-electron chi connectivity index (χ3n) is 5.49. The van der Waals surface area contributed by atoms with Crippen LogP contribution in [0.5, 0.6) is 11.5 Å². The number of ether oxygens (including phenoxy) is 2. The molecule has 3 aromatic rings. The molecule has 1 saturated heterocycles. The highest BCUT2D eigenvalue weighted by Crippen LogP contribution is 2.39. The van der Waals surface area contributed by atoms with Crippen LogP contribution in [0.3, 0.4) is 0 Å². The van der Waals surface area contributed by atoms with Crippen LogP contribution in [-0.2, 0) is 16.2 Å². The van der Waals surface area contributed by atoms with E-state index in [2.05, 4.69) is 5.32 Å².